The number of amides is 2. The van der Waals surface area contributed by atoms with Crippen molar-refractivity contribution < 1.29 is 14.0 Å². The maximum Gasteiger partial charge on any atom is 0.253 e. The van der Waals surface area contributed by atoms with Crippen LogP contribution >= 0.6 is 0 Å². The van der Waals surface area contributed by atoms with Crippen LogP contribution < -0.4 is 5.32 Å². The summed E-state index contributed by atoms with van der Waals surface area (Å²) in [7, 11) is 0. The molecule has 1 unspecified atom stereocenters. The normalized spacial score (nSPS) is 16.3. The summed E-state index contributed by atoms with van der Waals surface area (Å²) in [6, 6.07) is 15.5. The van der Waals surface area contributed by atoms with Crippen LogP contribution in [0.3, 0.4) is 0 Å². The van der Waals surface area contributed by atoms with Gasteiger partial charge in [-0.15, -0.1) is 0 Å². The average molecular weight is 406 g/mol. The van der Waals surface area contributed by atoms with Gasteiger partial charge in [0.15, 0.2) is 0 Å². The van der Waals surface area contributed by atoms with E-state index in [1.165, 1.54) is 24.3 Å². The molecule has 1 atom stereocenters. The molecule has 4 rings (SSSR count). The van der Waals surface area contributed by atoms with E-state index in [1.54, 1.807) is 22.0 Å². The van der Waals surface area contributed by atoms with Gasteiger partial charge in [-0.1, -0.05) is 30.3 Å². The molecule has 30 heavy (non-hydrogen) atoms. The van der Waals surface area contributed by atoms with Crippen LogP contribution in [0.4, 0.5) is 10.1 Å². The van der Waals surface area contributed by atoms with Crippen molar-refractivity contribution in [2.24, 2.45) is 5.92 Å². The van der Waals surface area contributed by atoms with E-state index >= 15 is 0 Å². The number of halogens is 1. The van der Waals surface area contributed by atoms with Crippen molar-refractivity contribution in [2.75, 3.05) is 18.4 Å². The molecule has 1 fully saturated rings. The minimum Gasteiger partial charge on any atom is -0.338 e. The van der Waals surface area contributed by atoms with Crippen LogP contribution in [0.2, 0.25) is 0 Å². The molecule has 1 N–H and O–H groups in total. The number of piperidine rings is 1. The number of nitrogens with zero attached hydrogens (tertiary/aromatic N) is 3. The first-order chi connectivity index (χ1) is 14.6. The molecule has 3 aromatic rings. The van der Waals surface area contributed by atoms with Crippen molar-refractivity contribution in [3.63, 3.8) is 0 Å². The zero-order chi connectivity index (χ0) is 20.9. The number of rotatable bonds is 5. The highest BCUT2D eigenvalue weighted by Crippen LogP contribution is 2.21. The Morgan fingerprint density at radius 3 is 2.63 bits per heavy atom. The van der Waals surface area contributed by atoms with Crippen LogP contribution in [-0.4, -0.2) is 39.6 Å². The minimum atomic E-state index is -0.379. The van der Waals surface area contributed by atoms with E-state index in [9.17, 15) is 14.0 Å². The fourth-order valence-electron chi connectivity index (χ4n) is 3.68. The number of carbonyl (C=O) groups is 2. The van der Waals surface area contributed by atoms with Gasteiger partial charge in [0.1, 0.15) is 5.82 Å². The smallest absolute Gasteiger partial charge is 0.253 e. The monoisotopic (exact) mass is 406 g/mol. The van der Waals surface area contributed by atoms with Crippen molar-refractivity contribution in [3.8, 4) is 0 Å². The van der Waals surface area contributed by atoms with Crippen molar-refractivity contribution in [2.45, 2.75) is 19.4 Å². The van der Waals surface area contributed by atoms with Crippen molar-refractivity contribution >= 4 is 17.5 Å². The van der Waals surface area contributed by atoms with Crippen LogP contribution in [0.1, 0.15) is 28.8 Å². The lowest BCUT2D eigenvalue weighted by molar-refractivity contribution is -0.121. The van der Waals surface area contributed by atoms with Crippen LogP contribution in [-0.2, 0) is 11.3 Å². The Morgan fingerprint density at radius 1 is 1.10 bits per heavy atom. The van der Waals surface area contributed by atoms with Gasteiger partial charge < -0.3 is 10.2 Å². The van der Waals surface area contributed by atoms with E-state index in [2.05, 4.69) is 10.4 Å². The van der Waals surface area contributed by atoms with Gasteiger partial charge in [0, 0.05) is 24.8 Å². The van der Waals surface area contributed by atoms with Crippen LogP contribution in [0, 0.1) is 11.7 Å². The number of carbonyl (C=O) groups excluding carboxylic acids is 2. The Balaban J connectivity index is 1.35. The molecule has 1 aliphatic heterocycles. The molecule has 2 amide bonds. The van der Waals surface area contributed by atoms with E-state index in [4.69, 9.17) is 0 Å². The van der Waals surface area contributed by atoms with Gasteiger partial charge in [-0.05, 0) is 42.7 Å². The Kier molecular flexibility index (Phi) is 5.88. The first kappa shape index (κ1) is 19.8. The molecule has 2 aromatic carbocycles. The molecule has 2 heterocycles. The first-order valence-corrected chi connectivity index (χ1v) is 10.0. The summed E-state index contributed by atoms with van der Waals surface area (Å²) in [4.78, 5) is 27.1. The summed E-state index contributed by atoms with van der Waals surface area (Å²) in [6.45, 7) is 1.56. The van der Waals surface area contributed by atoms with Gasteiger partial charge >= 0.3 is 0 Å². The average Bonchev–Trinajstić information content (AvgIpc) is 3.21. The molecule has 0 saturated carbocycles. The van der Waals surface area contributed by atoms with Crippen molar-refractivity contribution in [1.82, 2.24) is 14.7 Å². The van der Waals surface area contributed by atoms with Crippen LogP contribution in [0.5, 0.6) is 0 Å². The van der Waals surface area contributed by atoms with Crippen LogP contribution in [0.25, 0.3) is 0 Å². The number of benzene rings is 2. The summed E-state index contributed by atoms with van der Waals surface area (Å²) >= 11 is 0. The second kappa shape index (κ2) is 8.90. The number of hydrogen-bond acceptors (Lipinski definition) is 3. The third-order valence-electron chi connectivity index (χ3n) is 5.26. The molecule has 0 radical (unpaired) electrons. The van der Waals surface area contributed by atoms with Crippen molar-refractivity contribution in [3.05, 3.63) is 83.9 Å². The van der Waals surface area contributed by atoms with Gasteiger partial charge in [0.25, 0.3) is 5.91 Å². The van der Waals surface area contributed by atoms with Gasteiger partial charge in [-0.3, -0.25) is 14.3 Å². The Labute approximate surface area is 174 Å². The molecule has 1 aromatic heterocycles. The molecule has 7 heteroatoms. The minimum absolute atomic E-state index is 0.120. The Hall–Kier alpha value is -3.48. The number of hydrogen-bond donors (Lipinski definition) is 1. The zero-order valence-corrected chi connectivity index (χ0v) is 16.5. The van der Waals surface area contributed by atoms with E-state index < -0.39 is 0 Å². The third kappa shape index (κ3) is 4.74. The topological polar surface area (TPSA) is 67.2 Å². The fourth-order valence-corrected chi connectivity index (χ4v) is 3.68. The predicted octanol–water partition coefficient (Wildman–Crippen LogP) is 3.56. The molecular formula is C23H23FN4O2. The van der Waals surface area contributed by atoms with E-state index in [1.807, 2.05) is 30.3 Å². The van der Waals surface area contributed by atoms with E-state index in [0.717, 1.165) is 18.4 Å². The quantitative estimate of drug-likeness (QED) is 0.705. The van der Waals surface area contributed by atoms with Gasteiger partial charge in [-0.25, -0.2) is 4.39 Å². The lowest BCUT2D eigenvalue weighted by Crippen LogP contribution is -2.43. The fraction of sp³-hybridized carbons (Fsp3) is 0.261. The summed E-state index contributed by atoms with van der Waals surface area (Å²) in [5.74, 6) is -0.968. The molecule has 1 saturated heterocycles. The highest BCUT2D eigenvalue weighted by atomic mass is 19.1. The molecular weight excluding hydrogens is 383 g/mol. The SMILES string of the molecule is O=C(Nc1cnn(Cc2ccccc2)c1)C1CCCN(C(=O)c2ccc(F)cc2)C1. The first-order valence-electron chi connectivity index (χ1n) is 10.0. The summed E-state index contributed by atoms with van der Waals surface area (Å²) < 4.78 is 14.9. The molecule has 0 spiro atoms. The molecule has 0 bridgehead atoms. The van der Waals surface area contributed by atoms with E-state index in [-0.39, 0.29) is 23.5 Å². The molecule has 1 aliphatic rings. The summed E-state index contributed by atoms with van der Waals surface area (Å²) in [6.07, 6.45) is 4.90. The number of anilines is 1. The predicted molar refractivity (Wildman–Crippen MR) is 111 cm³/mol. The Morgan fingerprint density at radius 2 is 1.87 bits per heavy atom. The second-order valence-corrected chi connectivity index (χ2v) is 7.50. The number of aromatic nitrogens is 2. The highest BCUT2D eigenvalue weighted by Gasteiger charge is 2.29. The lowest BCUT2D eigenvalue weighted by Gasteiger charge is -2.32. The van der Waals surface area contributed by atoms with Gasteiger partial charge in [-0.2, -0.15) is 5.10 Å². The second-order valence-electron chi connectivity index (χ2n) is 7.50. The number of nitrogens with one attached hydrogen (secondary N) is 1. The molecule has 6 nitrogen and oxygen atoms in total. The Bertz CT molecular complexity index is 1020. The third-order valence-corrected chi connectivity index (χ3v) is 5.26. The standard InChI is InChI=1S/C23H23FN4O2/c24-20-10-8-18(9-11-20)23(30)27-12-4-7-19(15-27)22(29)26-21-13-25-28(16-21)14-17-5-2-1-3-6-17/h1-3,5-6,8-11,13,16,19H,4,7,12,14-15H2,(H,26,29). The van der Waals surface area contributed by atoms with Gasteiger partial charge in [0.05, 0.1) is 24.3 Å². The van der Waals surface area contributed by atoms with Crippen LogP contribution in [0.15, 0.2) is 67.0 Å². The maximum absolute atomic E-state index is 13.1. The highest BCUT2D eigenvalue weighted by molar-refractivity contribution is 5.96. The molecule has 154 valence electrons. The van der Waals surface area contributed by atoms with Gasteiger partial charge in [0.2, 0.25) is 5.91 Å². The lowest BCUT2D eigenvalue weighted by atomic mass is 9.96. The number of likely N-dealkylation sites (tertiary alicyclic amines) is 1. The van der Waals surface area contributed by atoms with E-state index in [0.29, 0.717) is 30.9 Å². The zero-order valence-electron chi connectivity index (χ0n) is 16.5. The van der Waals surface area contributed by atoms with Crippen molar-refractivity contribution in [1.29, 1.82) is 0 Å². The molecule has 0 aliphatic carbocycles. The maximum atomic E-state index is 13.1. The summed E-state index contributed by atoms with van der Waals surface area (Å²) in [5.41, 5.74) is 2.19. The summed E-state index contributed by atoms with van der Waals surface area (Å²) in [5, 5.41) is 7.22. The largest absolute Gasteiger partial charge is 0.338 e.